The monoisotopic (exact) mass is 519 g/mol. The zero-order valence-corrected chi connectivity index (χ0v) is 21.1. The Morgan fingerprint density at radius 2 is 1.87 bits per heavy atom. The zero-order valence-electron chi connectivity index (χ0n) is 21.1. The van der Waals surface area contributed by atoms with Crippen molar-refractivity contribution in [1.82, 2.24) is 4.57 Å². The fourth-order valence-corrected chi connectivity index (χ4v) is 4.65. The molecule has 8 nitrogen and oxygen atoms in total. The summed E-state index contributed by atoms with van der Waals surface area (Å²) in [6, 6.07) is 23.6. The number of benzene rings is 3. The van der Waals surface area contributed by atoms with Gasteiger partial charge < -0.3 is 24.8 Å². The molecule has 0 amide bonds. The molecule has 4 aromatic rings. The molecule has 0 fully saturated rings. The van der Waals surface area contributed by atoms with E-state index in [1.165, 1.54) is 22.8 Å². The summed E-state index contributed by atoms with van der Waals surface area (Å²) in [5, 5.41) is 14.8. The Labute approximate surface area is 220 Å². The van der Waals surface area contributed by atoms with E-state index >= 15 is 0 Å². The molecular weight excluding hydrogens is 489 g/mol. The second-order valence-corrected chi connectivity index (χ2v) is 9.06. The SMILES string of the molecule is CCc1ccccc1C(C[n+]1ccn(CC2Cc3cc(F)ccc3O2)c1)OCc1ccccc1.O=[N+]([O-])[O-]. The summed E-state index contributed by atoms with van der Waals surface area (Å²) in [6.07, 6.45) is 7.86. The second kappa shape index (κ2) is 12.8. The minimum absolute atomic E-state index is 0.00333. The van der Waals surface area contributed by atoms with Crippen LogP contribution < -0.4 is 9.30 Å². The van der Waals surface area contributed by atoms with E-state index in [1.54, 1.807) is 12.1 Å². The molecule has 0 saturated heterocycles. The van der Waals surface area contributed by atoms with Gasteiger partial charge in [0.05, 0.1) is 11.7 Å². The normalized spacial score (nSPS) is 14.6. The van der Waals surface area contributed by atoms with Crippen LogP contribution in [-0.4, -0.2) is 15.8 Å². The summed E-state index contributed by atoms with van der Waals surface area (Å²) in [4.78, 5) is 8.25. The van der Waals surface area contributed by atoms with Gasteiger partial charge in [-0.2, -0.15) is 0 Å². The van der Waals surface area contributed by atoms with Crippen LogP contribution in [0.25, 0.3) is 0 Å². The molecule has 2 heterocycles. The predicted molar refractivity (Wildman–Crippen MR) is 139 cm³/mol. The molecule has 2 atom stereocenters. The van der Waals surface area contributed by atoms with Gasteiger partial charge in [-0.25, -0.2) is 13.5 Å². The van der Waals surface area contributed by atoms with Crippen molar-refractivity contribution >= 4 is 0 Å². The van der Waals surface area contributed by atoms with Gasteiger partial charge in [0.1, 0.15) is 49.3 Å². The number of fused-ring (bicyclic) bond motifs is 1. The van der Waals surface area contributed by atoms with Crippen molar-refractivity contribution < 1.29 is 23.5 Å². The van der Waals surface area contributed by atoms with Gasteiger partial charge in [0.15, 0.2) is 0 Å². The lowest BCUT2D eigenvalue weighted by molar-refractivity contribution is -0.705. The Bertz CT molecular complexity index is 1340. The number of nitrogens with zero attached hydrogens (tertiary/aromatic N) is 3. The molecule has 0 N–H and O–H groups in total. The van der Waals surface area contributed by atoms with Gasteiger partial charge in [-0.1, -0.05) is 61.5 Å². The number of aromatic nitrogens is 2. The molecule has 0 radical (unpaired) electrons. The molecule has 3 aromatic carbocycles. The van der Waals surface area contributed by atoms with Gasteiger partial charge in [0.25, 0.3) is 0 Å². The van der Waals surface area contributed by atoms with E-state index < -0.39 is 5.09 Å². The summed E-state index contributed by atoms with van der Waals surface area (Å²) in [5.74, 6) is 0.577. The average Bonchev–Trinajstić information content (AvgIpc) is 3.52. The molecule has 38 heavy (non-hydrogen) atoms. The van der Waals surface area contributed by atoms with Crippen LogP contribution in [0.2, 0.25) is 0 Å². The predicted octanol–water partition coefficient (Wildman–Crippen LogP) is 5.20. The lowest BCUT2D eigenvalue weighted by atomic mass is 10.00. The first kappa shape index (κ1) is 26.8. The van der Waals surface area contributed by atoms with Crippen LogP contribution in [0.4, 0.5) is 4.39 Å². The van der Waals surface area contributed by atoms with Crippen molar-refractivity contribution in [2.24, 2.45) is 0 Å². The van der Waals surface area contributed by atoms with E-state index in [4.69, 9.17) is 24.8 Å². The first-order valence-electron chi connectivity index (χ1n) is 12.5. The third-order valence-corrected chi connectivity index (χ3v) is 6.38. The van der Waals surface area contributed by atoms with Crippen LogP contribution >= 0.6 is 0 Å². The van der Waals surface area contributed by atoms with E-state index in [1.807, 2.05) is 18.2 Å². The number of hydrogen-bond acceptors (Lipinski definition) is 5. The molecule has 2 unspecified atom stereocenters. The molecule has 1 aromatic heterocycles. The van der Waals surface area contributed by atoms with Crippen molar-refractivity contribution in [3.8, 4) is 5.75 Å². The van der Waals surface area contributed by atoms with E-state index in [9.17, 15) is 4.39 Å². The molecule has 9 heteroatoms. The van der Waals surface area contributed by atoms with Crippen LogP contribution in [0, 0.1) is 21.1 Å². The number of aryl methyl sites for hydroxylation is 1. The first-order chi connectivity index (χ1) is 18.4. The van der Waals surface area contributed by atoms with Crippen LogP contribution in [0.1, 0.15) is 35.3 Å². The minimum atomic E-state index is -1.75. The van der Waals surface area contributed by atoms with E-state index in [-0.39, 0.29) is 18.0 Å². The maximum Gasteiger partial charge on any atom is 0.243 e. The van der Waals surface area contributed by atoms with Gasteiger partial charge in [-0.15, -0.1) is 0 Å². The number of ether oxygens (including phenoxy) is 2. The highest BCUT2D eigenvalue weighted by Gasteiger charge is 2.26. The smallest absolute Gasteiger partial charge is 0.243 e. The quantitative estimate of drug-likeness (QED) is 0.172. The van der Waals surface area contributed by atoms with Gasteiger partial charge in [-0.3, -0.25) is 0 Å². The zero-order chi connectivity index (χ0) is 26.9. The third-order valence-electron chi connectivity index (χ3n) is 6.38. The standard InChI is InChI=1S/C29H30FN2O2.NO3/c1-2-23-10-6-7-11-27(23)29(33-20-22-8-4-3-5-9-22)19-32-15-14-31(21-32)18-26-17-24-16-25(30)12-13-28(24)34-26;2-1(3)4/h3-16,21,26,29H,2,17-20H2,1H3;/q+1;-1. The molecule has 1 aliphatic rings. The Balaban J connectivity index is 0.000000786. The Morgan fingerprint density at radius 3 is 2.63 bits per heavy atom. The number of hydrogen-bond donors (Lipinski definition) is 0. The van der Waals surface area contributed by atoms with Crippen molar-refractivity contribution in [2.75, 3.05) is 0 Å². The number of rotatable bonds is 9. The Morgan fingerprint density at radius 1 is 1.13 bits per heavy atom. The summed E-state index contributed by atoms with van der Waals surface area (Å²) in [7, 11) is 0. The van der Waals surface area contributed by atoms with Crippen LogP contribution in [-0.2, 0) is 37.3 Å². The topological polar surface area (TPSA) is 93.5 Å². The summed E-state index contributed by atoms with van der Waals surface area (Å²) < 4.78 is 30.3. The molecular formula is C29H30FN3O5. The average molecular weight is 520 g/mol. The maximum absolute atomic E-state index is 13.5. The van der Waals surface area contributed by atoms with Gasteiger partial charge >= 0.3 is 0 Å². The molecule has 5 rings (SSSR count). The Kier molecular flexibility index (Phi) is 9.05. The van der Waals surface area contributed by atoms with Crippen LogP contribution in [0.15, 0.2) is 91.5 Å². The highest BCUT2D eigenvalue weighted by Crippen LogP contribution is 2.30. The highest BCUT2D eigenvalue weighted by atomic mass is 19.1. The van der Waals surface area contributed by atoms with Gasteiger partial charge in [0.2, 0.25) is 6.33 Å². The number of halogens is 1. The summed E-state index contributed by atoms with van der Waals surface area (Å²) in [6.45, 7) is 4.18. The lowest BCUT2D eigenvalue weighted by Gasteiger charge is -2.19. The molecule has 0 aliphatic carbocycles. The third kappa shape index (κ3) is 7.39. The molecule has 0 spiro atoms. The molecule has 1 aliphatic heterocycles. The molecule has 0 bridgehead atoms. The van der Waals surface area contributed by atoms with Crippen LogP contribution in [0.5, 0.6) is 5.75 Å². The maximum atomic E-state index is 13.5. The number of imidazole rings is 1. The van der Waals surface area contributed by atoms with E-state index in [2.05, 4.69) is 71.2 Å². The second-order valence-electron chi connectivity index (χ2n) is 9.06. The minimum Gasteiger partial charge on any atom is -0.486 e. The molecule has 198 valence electrons. The summed E-state index contributed by atoms with van der Waals surface area (Å²) >= 11 is 0. The van der Waals surface area contributed by atoms with E-state index in [0.29, 0.717) is 19.7 Å². The van der Waals surface area contributed by atoms with Crippen molar-refractivity contribution in [3.05, 3.63) is 135 Å². The highest BCUT2D eigenvalue weighted by molar-refractivity contribution is 5.37. The fourth-order valence-electron chi connectivity index (χ4n) is 4.65. The lowest BCUT2D eigenvalue weighted by Crippen LogP contribution is -2.36. The van der Waals surface area contributed by atoms with Crippen molar-refractivity contribution in [3.63, 3.8) is 0 Å². The fraction of sp³-hybridized carbons (Fsp3) is 0.276. The largest absolute Gasteiger partial charge is 0.486 e. The van der Waals surface area contributed by atoms with Gasteiger partial charge in [-0.05, 0) is 41.3 Å². The Hall–Kier alpha value is -4.24. The van der Waals surface area contributed by atoms with Crippen molar-refractivity contribution in [2.45, 2.75) is 51.7 Å². The van der Waals surface area contributed by atoms with Crippen molar-refractivity contribution in [1.29, 1.82) is 0 Å². The van der Waals surface area contributed by atoms with E-state index in [0.717, 1.165) is 24.2 Å². The first-order valence-corrected chi connectivity index (χ1v) is 12.5. The summed E-state index contributed by atoms with van der Waals surface area (Å²) in [5.41, 5.74) is 4.65. The molecule has 0 saturated carbocycles. The van der Waals surface area contributed by atoms with Gasteiger partial charge in [0, 0.05) is 12.0 Å². The van der Waals surface area contributed by atoms with Crippen LogP contribution in [0.3, 0.4) is 0 Å².